The molecule has 0 radical (unpaired) electrons. The highest BCUT2D eigenvalue weighted by atomic mass is 19.1. The van der Waals surface area contributed by atoms with Crippen LogP contribution in [0.3, 0.4) is 0 Å². The van der Waals surface area contributed by atoms with E-state index in [0.717, 1.165) is 60.5 Å². The Kier molecular flexibility index (Phi) is 7.21. The highest BCUT2D eigenvalue weighted by Crippen LogP contribution is 2.41. The average Bonchev–Trinajstić information content (AvgIpc) is 3.50. The molecular weight excluding hydrogens is 546 g/mol. The van der Waals surface area contributed by atoms with Crippen molar-refractivity contribution >= 4 is 27.5 Å². The molecule has 0 amide bonds. The minimum absolute atomic E-state index is 0.0208. The van der Waals surface area contributed by atoms with Crippen LogP contribution in [0.25, 0.3) is 32.9 Å². The summed E-state index contributed by atoms with van der Waals surface area (Å²) >= 11 is 0. The highest BCUT2D eigenvalue weighted by Gasteiger charge is 2.49. The number of halogens is 2. The Morgan fingerprint density at radius 3 is 2.65 bits per heavy atom. The summed E-state index contributed by atoms with van der Waals surface area (Å²) in [7, 11) is 4.20. The Morgan fingerprint density at radius 1 is 1.09 bits per heavy atom. The summed E-state index contributed by atoms with van der Waals surface area (Å²) in [5, 5.41) is 6.08. The molecule has 4 heterocycles. The number of hydrogen-bond donors (Lipinski definition) is 1. The molecule has 1 saturated carbocycles. The van der Waals surface area contributed by atoms with Gasteiger partial charge in [-0.3, -0.25) is 9.88 Å². The lowest BCUT2D eigenvalue weighted by Gasteiger charge is -2.47. The van der Waals surface area contributed by atoms with Crippen LogP contribution in [-0.2, 0) is 6.42 Å². The minimum atomic E-state index is -0.858. The predicted octanol–water partition coefficient (Wildman–Crippen LogP) is 6.40. The fourth-order valence-electron chi connectivity index (χ4n) is 7.60. The van der Waals surface area contributed by atoms with Gasteiger partial charge in [-0.25, -0.2) is 8.78 Å². The number of likely N-dealkylation sites (N-methyl/N-ethyl adjacent to an activating group) is 1. The van der Waals surface area contributed by atoms with E-state index >= 15 is 4.39 Å². The van der Waals surface area contributed by atoms with Crippen LogP contribution in [0.5, 0.6) is 6.01 Å². The molecule has 4 aromatic rings. The van der Waals surface area contributed by atoms with Crippen molar-refractivity contribution in [3.8, 4) is 17.3 Å². The molecule has 7 rings (SSSR count). The molecule has 0 spiro atoms. The Morgan fingerprint density at radius 2 is 1.91 bits per heavy atom. The van der Waals surface area contributed by atoms with Crippen LogP contribution < -0.4 is 10.1 Å². The number of fused-ring (bicyclic) bond motifs is 3. The number of pyridine rings is 1. The number of nitrogens with one attached hydrogen (secondary N) is 1. The van der Waals surface area contributed by atoms with Crippen molar-refractivity contribution in [3.05, 3.63) is 54.0 Å². The number of anilines is 1. The molecule has 3 aliphatic rings. The predicted molar refractivity (Wildman–Crippen MR) is 167 cm³/mol. The van der Waals surface area contributed by atoms with Crippen molar-refractivity contribution in [1.29, 1.82) is 0 Å². The second kappa shape index (κ2) is 10.9. The van der Waals surface area contributed by atoms with Gasteiger partial charge in [0.05, 0.1) is 10.9 Å². The van der Waals surface area contributed by atoms with Crippen LogP contribution in [-0.4, -0.2) is 82.3 Å². The van der Waals surface area contributed by atoms with E-state index in [1.165, 1.54) is 6.42 Å². The molecule has 2 saturated heterocycles. The lowest BCUT2D eigenvalue weighted by molar-refractivity contribution is 0.0738. The van der Waals surface area contributed by atoms with Crippen molar-refractivity contribution in [2.24, 2.45) is 0 Å². The molecule has 7 nitrogen and oxygen atoms in total. The van der Waals surface area contributed by atoms with Crippen molar-refractivity contribution in [2.45, 2.75) is 69.1 Å². The third-order valence-electron chi connectivity index (χ3n) is 10.3. The number of nitrogens with zero attached hydrogens (tertiary/aromatic N) is 5. The van der Waals surface area contributed by atoms with E-state index in [0.29, 0.717) is 30.7 Å². The molecule has 43 heavy (non-hydrogen) atoms. The van der Waals surface area contributed by atoms with Crippen molar-refractivity contribution in [2.75, 3.05) is 45.7 Å². The van der Waals surface area contributed by atoms with Gasteiger partial charge in [-0.1, -0.05) is 43.3 Å². The van der Waals surface area contributed by atoms with Gasteiger partial charge in [-0.15, -0.1) is 0 Å². The Balaban J connectivity index is 1.31. The second-order valence-electron chi connectivity index (χ2n) is 12.9. The number of alkyl halides is 1. The summed E-state index contributed by atoms with van der Waals surface area (Å²) < 4.78 is 37.3. The number of aromatic nitrogens is 3. The Labute approximate surface area is 251 Å². The highest BCUT2D eigenvalue weighted by molar-refractivity contribution is 6.00. The SMILES string of the molecule is CCc1cccc2cccc(-c3ncc4c(NCC5(N(C)C)CCC5)nc(OCC56CCCN5C[C@H](F)C6)nc4c3F)c12. The maximum atomic E-state index is 16.7. The quantitative estimate of drug-likeness (QED) is 0.244. The fourth-order valence-corrected chi connectivity index (χ4v) is 7.60. The summed E-state index contributed by atoms with van der Waals surface area (Å²) in [5.41, 5.74) is 1.98. The topological polar surface area (TPSA) is 66.4 Å². The molecule has 2 aromatic heterocycles. The number of hydrogen-bond acceptors (Lipinski definition) is 7. The van der Waals surface area contributed by atoms with E-state index in [1.807, 2.05) is 30.3 Å². The lowest BCUT2D eigenvalue weighted by atomic mass is 9.75. The molecular formula is C34H40F2N6O. The monoisotopic (exact) mass is 586 g/mol. The zero-order chi connectivity index (χ0) is 29.8. The minimum Gasteiger partial charge on any atom is -0.461 e. The van der Waals surface area contributed by atoms with Crippen LogP contribution in [0.15, 0.2) is 42.6 Å². The molecule has 1 N–H and O–H groups in total. The van der Waals surface area contributed by atoms with Gasteiger partial charge in [0.25, 0.3) is 0 Å². The molecule has 0 bridgehead atoms. The molecule has 2 aliphatic heterocycles. The summed E-state index contributed by atoms with van der Waals surface area (Å²) in [6.45, 7) is 4.36. The smallest absolute Gasteiger partial charge is 0.319 e. The number of rotatable bonds is 9. The van der Waals surface area contributed by atoms with E-state index in [2.05, 4.69) is 52.2 Å². The number of ether oxygens (including phenoxy) is 1. The third-order valence-corrected chi connectivity index (χ3v) is 10.3. The first-order valence-corrected chi connectivity index (χ1v) is 15.6. The van der Waals surface area contributed by atoms with E-state index < -0.39 is 12.0 Å². The van der Waals surface area contributed by atoms with E-state index in [-0.39, 0.29) is 34.9 Å². The molecule has 3 fully saturated rings. The summed E-state index contributed by atoms with van der Waals surface area (Å²) in [6.07, 6.45) is 7.32. The van der Waals surface area contributed by atoms with Crippen molar-refractivity contribution < 1.29 is 13.5 Å². The van der Waals surface area contributed by atoms with Gasteiger partial charge in [0.15, 0.2) is 5.82 Å². The van der Waals surface area contributed by atoms with Crippen LogP contribution in [0.2, 0.25) is 0 Å². The van der Waals surface area contributed by atoms with Crippen molar-refractivity contribution in [1.82, 2.24) is 24.8 Å². The van der Waals surface area contributed by atoms with Gasteiger partial charge in [0.2, 0.25) is 0 Å². The Bertz CT molecular complexity index is 1670. The average molecular weight is 587 g/mol. The zero-order valence-corrected chi connectivity index (χ0v) is 25.3. The first-order chi connectivity index (χ1) is 20.8. The lowest BCUT2D eigenvalue weighted by Crippen LogP contribution is -2.54. The summed E-state index contributed by atoms with van der Waals surface area (Å²) in [5.74, 6) is 0.0105. The third kappa shape index (κ3) is 4.81. The van der Waals surface area contributed by atoms with E-state index in [1.54, 1.807) is 6.20 Å². The summed E-state index contributed by atoms with van der Waals surface area (Å²) in [4.78, 5) is 18.5. The fraction of sp³-hybridized carbons (Fsp3) is 0.500. The van der Waals surface area contributed by atoms with Crippen LogP contribution in [0.1, 0.15) is 51.0 Å². The van der Waals surface area contributed by atoms with Crippen LogP contribution in [0.4, 0.5) is 14.6 Å². The van der Waals surface area contributed by atoms with E-state index in [4.69, 9.17) is 9.72 Å². The zero-order valence-electron chi connectivity index (χ0n) is 25.3. The van der Waals surface area contributed by atoms with Gasteiger partial charge in [-0.05, 0) is 75.5 Å². The van der Waals surface area contributed by atoms with E-state index in [9.17, 15) is 4.39 Å². The standard InChI is InChI=1S/C34H40F2N6O/c1-4-22-9-5-10-23-11-6-12-25(27(22)23)29-28(36)30-26(18-37-29)31(38-20-33(41(2)3)13-7-14-33)40-32(39-30)43-21-34-15-8-16-42(34)19-24(35)17-34/h5-6,9-12,18,24H,4,7-8,13-17,19-21H2,1-3H3,(H,38,39,40)/t24-,34?/m1/s1. The normalized spacial score (nSPS) is 23.2. The molecule has 9 heteroatoms. The van der Waals surface area contributed by atoms with Gasteiger partial charge < -0.3 is 15.0 Å². The van der Waals surface area contributed by atoms with Crippen LogP contribution in [0, 0.1) is 5.82 Å². The largest absolute Gasteiger partial charge is 0.461 e. The van der Waals surface area contributed by atoms with Gasteiger partial charge in [-0.2, -0.15) is 9.97 Å². The molecule has 1 aliphatic carbocycles. The maximum Gasteiger partial charge on any atom is 0.319 e. The molecule has 1 unspecified atom stereocenters. The van der Waals surface area contributed by atoms with Gasteiger partial charge in [0, 0.05) is 36.8 Å². The number of aryl methyl sites for hydroxylation is 1. The van der Waals surface area contributed by atoms with Gasteiger partial charge in [0.1, 0.15) is 29.8 Å². The van der Waals surface area contributed by atoms with Gasteiger partial charge >= 0.3 is 6.01 Å². The first-order valence-electron chi connectivity index (χ1n) is 15.6. The van der Waals surface area contributed by atoms with Crippen molar-refractivity contribution in [3.63, 3.8) is 0 Å². The first kappa shape index (κ1) is 28.3. The van der Waals surface area contributed by atoms with Crippen LogP contribution >= 0.6 is 0 Å². The maximum absolute atomic E-state index is 16.7. The Hall–Kier alpha value is -3.43. The summed E-state index contributed by atoms with van der Waals surface area (Å²) in [6, 6.07) is 12.2. The number of benzene rings is 2. The molecule has 226 valence electrons. The second-order valence-corrected chi connectivity index (χ2v) is 12.9. The molecule has 2 aromatic carbocycles. The molecule has 2 atom stereocenters.